The van der Waals surface area contributed by atoms with E-state index in [2.05, 4.69) is 10.9 Å². The monoisotopic (exact) mass is 457 g/mol. The van der Waals surface area contributed by atoms with E-state index in [1.807, 2.05) is 17.5 Å². The van der Waals surface area contributed by atoms with Gasteiger partial charge in [-0.05, 0) is 54.1 Å². The number of benzene rings is 1. The van der Waals surface area contributed by atoms with Crippen LogP contribution in [0.2, 0.25) is 0 Å². The van der Waals surface area contributed by atoms with Gasteiger partial charge in [0.05, 0.1) is 11.3 Å². The highest BCUT2D eigenvalue weighted by molar-refractivity contribution is 7.17. The third kappa shape index (κ3) is 5.00. The molecular weight excluding hydrogens is 437 g/mol. The van der Waals surface area contributed by atoms with E-state index in [9.17, 15) is 18.8 Å². The highest BCUT2D eigenvalue weighted by atomic mass is 32.1. The number of hydrogen-bond acceptors (Lipinski definition) is 5. The van der Waals surface area contributed by atoms with Crippen LogP contribution in [-0.4, -0.2) is 35.2 Å². The van der Waals surface area contributed by atoms with Crippen molar-refractivity contribution in [1.29, 1.82) is 0 Å². The van der Waals surface area contributed by atoms with Crippen LogP contribution in [-0.2, 0) is 16.0 Å². The fraction of sp³-hybridized carbons (Fsp3) is 0.227. The Labute approximate surface area is 186 Å². The van der Waals surface area contributed by atoms with Crippen LogP contribution < -0.4 is 10.9 Å². The van der Waals surface area contributed by atoms with Crippen molar-refractivity contribution in [1.82, 2.24) is 15.8 Å². The van der Waals surface area contributed by atoms with Crippen molar-refractivity contribution < 1.29 is 18.8 Å². The van der Waals surface area contributed by atoms with Gasteiger partial charge in [0.15, 0.2) is 0 Å². The van der Waals surface area contributed by atoms with Crippen LogP contribution in [0.1, 0.15) is 27.4 Å². The Morgan fingerprint density at radius 1 is 1.06 bits per heavy atom. The molecule has 3 amide bonds. The van der Waals surface area contributed by atoms with Gasteiger partial charge in [0.2, 0.25) is 5.91 Å². The van der Waals surface area contributed by atoms with Crippen LogP contribution in [0.25, 0.3) is 10.4 Å². The van der Waals surface area contributed by atoms with E-state index in [1.165, 1.54) is 34.8 Å². The van der Waals surface area contributed by atoms with Gasteiger partial charge in [-0.25, -0.2) is 4.39 Å². The molecule has 0 spiro atoms. The number of rotatable bonds is 5. The molecule has 0 aliphatic carbocycles. The summed E-state index contributed by atoms with van der Waals surface area (Å²) in [5.41, 5.74) is 5.69. The minimum Gasteiger partial charge on any atom is -0.330 e. The lowest BCUT2D eigenvalue weighted by molar-refractivity contribution is -0.138. The normalized spacial score (nSPS) is 15.6. The average molecular weight is 458 g/mol. The molecule has 3 aromatic rings. The standard InChI is InChI=1S/C22H20FN3O3S2/c23-15-7-5-14(6-8-15)18-9-10-19(31-18)22(29)25-24-21(28)17-4-1-11-26(17)20(27)13-16-3-2-12-30-16/h2-3,5-10,12,17H,1,4,11,13H2,(H,24,28)(H,25,29). The summed E-state index contributed by atoms with van der Waals surface area (Å²) in [6.07, 6.45) is 1.58. The minimum atomic E-state index is -0.592. The van der Waals surface area contributed by atoms with Crippen molar-refractivity contribution >= 4 is 40.4 Å². The molecule has 2 N–H and O–H groups in total. The second-order valence-electron chi connectivity index (χ2n) is 7.12. The maximum atomic E-state index is 13.1. The van der Waals surface area contributed by atoms with Gasteiger partial charge in [0.25, 0.3) is 11.8 Å². The number of hydrogen-bond donors (Lipinski definition) is 2. The van der Waals surface area contributed by atoms with Crippen LogP contribution in [0.15, 0.2) is 53.9 Å². The van der Waals surface area contributed by atoms with Crippen LogP contribution in [0.5, 0.6) is 0 Å². The first kappa shape index (κ1) is 21.2. The quantitative estimate of drug-likeness (QED) is 0.575. The molecule has 0 saturated carbocycles. The number of hydrazine groups is 1. The van der Waals surface area contributed by atoms with Crippen LogP contribution in [0, 0.1) is 5.82 Å². The number of nitrogens with one attached hydrogen (secondary N) is 2. The van der Waals surface area contributed by atoms with Gasteiger partial charge in [-0.2, -0.15) is 0 Å². The third-order valence-corrected chi connectivity index (χ3v) is 7.05. The Bertz CT molecular complexity index is 1080. The number of carbonyl (C=O) groups excluding carboxylic acids is 3. The van der Waals surface area contributed by atoms with Crippen molar-refractivity contribution in [3.8, 4) is 10.4 Å². The van der Waals surface area contributed by atoms with Crippen molar-refractivity contribution in [3.05, 3.63) is 69.5 Å². The summed E-state index contributed by atoms with van der Waals surface area (Å²) >= 11 is 2.75. The topological polar surface area (TPSA) is 78.5 Å². The Morgan fingerprint density at radius 2 is 1.87 bits per heavy atom. The SMILES string of the molecule is O=C(NNC(=O)C1CCCN1C(=O)Cc1cccs1)c1ccc(-c2ccc(F)cc2)s1. The summed E-state index contributed by atoms with van der Waals surface area (Å²) in [6, 6.07) is 12.6. The van der Waals surface area contributed by atoms with Crippen LogP contribution >= 0.6 is 22.7 Å². The molecular formula is C22H20FN3O3S2. The van der Waals surface area contributed by atoms with Crippen LogP contribution in [0.4, 0.5) is 4.39 Å². The Hall–Kier alpha value is -3.04. The van der Waals surface area contributed by atoms with Gasteiger partial charge in [0, 0.05) is 16.3 Å². The van der Waals surface area contributed by atoms with Crippen molar-refractivity contribution in [2.24, 2.45) is 0 Å². The Kier molecular flexibility index (Phi) is 6.43. The molecule has 1 aliphatic rings. The molecule has 1 unspecified atom stereocenters. The molecule has 1 fully saturated rings. The van der Waals surface area contributed by atoms with Gasteiger partial charge in [-0.15, -0.1) is 22.7 Å². The molecule has 2 aromatic heterocycles. The van der Waals surface area contributed by atoms with E-state index in [-0.39, 0.29) is 18.1 Å². The maximum absolute atomic E-state index is 13.1. The molecule has 160 valence electrons. The van der Waals surface area contributed by atoms with Gasteiger partial charge in [-0.3, -0.25) is 25.2 Å². The first-order chi connectivity index (χ1) is 15.0. The summed E-state index contributed by atoms with van der Waals surface area (Å²) in [5.74, 6) is -1.26. The molecule has 3 heterocycles. The predicted molar refractivity (Wildman–Crippen MR) is 118 cm³/mol. The average Bonchev–Trinajstić information content (AvgIpc) is 3.53. The van der Waals surface area contributed by atoms with Crippen molar-refractivity contribution in [3.63, 3.8) is 0 Å². The maximum Gasteiger partial charge on any atom is 0.279 e. The van der Waals surface area contributed by atoms with Crippen molar-refractivity contribution in [2.75, 3.05) is 6.54 Å². The summed E-state index contributed by atoms with van der Waals surface area (Å²) in [5, 5.41) is 1.92. The van der Waals surface area contributed by atoms with E-state index >= 15 is 0 Å². The molecule has 6 nitrogen and oxygen atoms in total. The molecule has 1 atom stereocenters. The van der Waals surface area contributed by atoms with Crippen LogP contribution in [0.3, 0.4) is 0 Å². The zero-order chi connectivity index (χ0) is 21.8. The lowest BCUT2D eigenvalue weighted by Gasteiger charge is -2.23. The first-order valence-electron chi connectivity index (χ1n) is 9.79. The van der Waals surface area contributed by atoms with E-state index in [4.69, 9.17) is 0 Å². The van der Waals surface area contributed by atoms with E-state index in [1.54, 1.807) is 29.2 Å². The molecule has 4 rings (SSSR count). The predicted octanol–water partition coefficient (Wildman–Crippen LogP) is 3.61. The summed E-state index contributed by atoms with van der Waals surface area (Å²) in [4.78, 5) is 41.4. The highest BCUT2D eigenvalue weighted by Crippen LogP contribution is 2.28. The highest BCUT2D eigenvalue weighted by Gasteiger charge is 2.34. The Morgan fingerprint density at radius 3 is 2.61 bits per heavy atom. The molecule has 1 aromatic carbocycles. The lowest BCUT2D eigenvalue weighted by Crippen LogP contribution is -2.51. The summed E-state index contributed by atoms with van der Waals surface area (Å²) in [7, 11) is 0. The largest absolute Gasteiger partial charge is 0.330 e. The number of thiophene rings is 2. The number of halogens is 1. The number of amides is 3. The Balaban J connectivity index is 1.33. The lowest BCUT2D eigenvalue weighted by atomic mass is 10.2. The molecule has 9 heteroatoms. The van der Waals surface area contributed by atoms with Crippen molar-refractivity contribution in [2.45, 2.75) is 25.3 Å². The number of carbonyl (C=O) groups is 3. The fourth-order valence-electron chi connectivity index (χ4n) is 3.49. The summed E-state index contributed by atoms with van der Waals surface area (Å²) < 4.78 is 13.1. The van der Waals surface area contributed by atoms with Gasteiger partial charge >= 0.3 is 0 Å². The molecule has 31 heavy (non-hydrogen) atoms. The molecule has 1 aliphatic heterocycles. The molecule has 0 bridgehead atoms. The first-order valence-corrected chi connectivity index (χ1v) is 11.5. The van der Waals surface area contributed by atoms with Gasteiger partial charge in [-0.1, -0.05) is 18.2 Å². The zero-order valence-electron chi connectivity index (χ0n) is 16.5. The van der Waals surface area contributed by atoms with Gasteiger partial charge < -0.3 is 4.90 Å². The molecule has 0 radical (unpaired) electrons. The van der Waals surface area contributed by atoms with E-state index < -0.39 is 17.9 Å². The smallest absolute Gasteiger partial charge is 0.279 e. The second kappa shape index (κ2) is 9.40. The third-order valence-electron chi connectivity index (χ3n) is 5.04. The number of nitrogens with zero attached hydrogens (tertiary/aromatic N) is 1. The second-order valence-corrected chi connectivity index (χ2v) is 9.23. The van der Waals surface area contributed by atoms with Gasteiger partial charge in [0.1, 0.15) is 11.9 Å². The molecule has 1 saturated heterocycles. The number of likely N-dealkylation sites (tertiary alicyclic amines) is 1. The zero-order valence-corrected chi connectivity index (χ0v) is 18.1. The minimum absolute atomic E-state index is 0.0892. The fourth-order valence-corrected chi connectivity index (χ4v) is 5.10. The summed E-state index contributed by atoms with van der Waals surface area (Å²) in [6.45, 7) is 0.530. The van der Waals surface area contributed by atoms with E-state index in [0.29, 0.717) is 17.8 Å². The van der Waals surface area contributed by atoms with E-state index in [0.717, 1.165) is 21.7 Å².